The summed E-state index contributed by atoms with van der Waals surface area (Å²) in [6.07, 6.45) is 0. The Labute approximate surface area is 85.8 Å². The Morgan fingerprint density at radius 1 is 1.36 bits per heavy atom. The van der Waals surface area contributed by atoms with E-state index in [0.29, 0.717) is 10.9 Å². The largest absolute Gasteiger partial charge is 0.377 e. The molecule has 2 N–H and O–H groups in total. The average Bonchev–Trinajstić information content (AvgIpc) is 2.23. The summed E-state index contributed by atoms with van der Waals surface area (Å²) in [6.45, 7) is 0. The van der Waals surface area contributed by atoms with Gasteiger partial charge in [0.15, 0.2) is 5.17 Å². The Kier molecular flexibility index (Phi) is 2.41. The molecule has 1 aromatic rings. The lowest BCUT2D eigenvalue weighted by atomic mass is 10.3. The van der Waals surface area contributed by atoms with E-state index >= 15 is 0 Å². The highest BCUT2D eigenvalue weighted by Crippen LogP contribution is 2.19. The van der Waals surface area contributed by atoms with Gasteiger partial charge in [0.1, 0.15) is 0 Å². The van der Waals surface area contributed by atoms with Crippen molar-refractivity contribution in [1.82, 2.24) is 0 Å². The van der Waals surface area contributed by atoms with E-state index in [9.17, 15) is 4.79 Å². The third kappa shape index (κ3) is 1.72. The number of carbonyl (C=O) groups is 1. The minimum absolute atomic E-state index is 0.0459. The van der Waals surface area contributed by atoms with Crippen molar-refractivity contribution in [1.29, 1.82) is 0 Å². The monoisotopic (exact) mass is 207 g/mol. The second-order valence-electron chi connectivity index (χ2n) is 2.77. The number of para-hydroxylation sites is 1. The number of amides is 1. The van der Waals surface area contributed by atoms with Crippen LogP contribution in [0.15, 0.2) is 35.4 Å². The van der Waals surface area contributed by atoms with Gasteiger partial charge in [-0.05, 0) is 12.1 Å². The Balaban J connectivity index is 2.34. The standard InChI is InChI=1S/C9H9N3OS/c10-9-11-12(8(13)6-14-9)7-4-2-1-3-5-7/h1-5H,6H2,(H2,10,11). The molecule has 0 unspecified atom stereocenters. The first-order chi connectivity index (χ1) is 6.77. The van der Waals surface area contributed by atoms with Gasteiger partial charge in [-0.3, -0.25) is 4.79 Å². The fourth-order valence-electron chi connectivity index (χ4n) is 1.15. The lowest BCUT2D eigenvalue weighted by Crippen LogP contribution is -2.34. The van der Waals surface area contributed by atoms with Crippen molar-refractivity contribution in [2.24, 2.45) is 10.8 Å². The SMILES string of the molecule is NC1=NN(c2ccccc2)C(=O)CS1. The Morgan fingerprint density at radius 3 is 2.79 bits per heavy atom. The summed E-state index contributed by atoms with van der Waals surface area (Å²) in [5, 5.41) is 5.74. The number of hydrazone groups is 1. The molecule has 0 bridgehead atoms. The van der Waals surface area contributed by atoms with Crippen LogP contribution in [0.25, 0.3) is 0 Å². The number of rotatable bonds is 1. The molecule has 0 spiro atoms. The molecule has 1 aliphatic rings. The molecule has 0 saturated carbocycles. The molecule has 1 aliphatic heterocycles. The Hall–Kier alpha value is -1.49. The molecule has 4 nitrogen and oxygen atoms in total. The number of nitrogens with two attached hydrogens (primary N) is 1. The molecular formula is C9H9N3OS. The fourth-order valence-corrected chi connectivity index (χ4v) is 1.68. The molecule has 0 atom stereocenters. The number of benzene rings is 1. The molecule has 72 valence electrons. The van der Waals surface area contributed by atoms with E-state index in [1.54, 1.807) is 0 Å². The van der Waals surface area contributed by atoms with Crippen molar-refractivity contribution < 1.29 is 4.79 Å². The topological polar surface area (TPSA) is 58.7 Å². The quantitative estimate of drug-likeness (QED) is 0.747. The van der Waals surface area contributed by atoms with Crippen molar-refractivity contribution in [2.45, 2.75) is 0 Å². The lowest BCUT2D eigenvalue weighted by molar-refractivity contribution is -0.116. The van der Waals surface area contributed by atoms with Crippen molar-refractivity contribution in [3.63, 3.8) is 0 Å². The molecule has 1 heterocycles. The molecule has 0 aliphatic carbocycles. The number of hydrogen-bond donors (Lipinski definition) is 1. The van der Waals surface area contributed by atoms with Crippen LogP contribution >= 0.6 is 11.8 Å². The molecule has 0 saturated heterocycles. The van der Waals surface area contributed by atoms with Gasteiger partial charge in [-0.15, -0.1) is 5.10 Å². The molecule has 14 heavy (non-hydrogen) atoms. The molecule has 0 aromatic heterocycles. The third-order valence-electron chi connectivity index (χ3n) is 1.78. The van der Waals surface area contributed by atoms with Crippen molar-refractivity contribution in [3.05, 3.63) is 30.3 Å². The average molecular weight is 207 g/mol. The second kappa shape index (κ2) is 3.71. The van der Waals surface area contributed by atoms with Crippen molar-refractivity contribution in [3.8, 4) is 0 Å². The maximum atomic E-state index is 11.5. The van der Waals surface area contributed by atoms with Gasteiger partial charge in [-0.2, -0.15) is 5.01 Å². The highest BCUT2D eigenvalue weighted by Gasteiger charge is 2.20. The number of thioether (sulfide) groups is 1. The van der Waals surface area contributed by atoms with Crippen molar-refractivity contribution >= 4 is 28.5 Å². The van der Waals surface area contributed by atoms with Crippen LogP contribution in [0, 0.1) is 0 Å². The minimum Gasteiger partial charge on any atom is -0.377 e. The maximum absolute atomic E-state index is 11.5. The predicted molar refractivity (Wildman–Crippen MR) is 58.0 cm³/mol. The van der Waals surface area contributed by atoms with E-state index < -0.39 is 0 Å². The van der Waals surface area contributed by atoms with Crippen LogP contribution in [0.1, 0.15) is 0 Å². The summed E-state index contributed by atoms with van der Waals surface area (Å²) >= 11 is 1.26. The van der Waals surface area contributed by atoms with Gasteiger partial charge in [0, 0.05) is 0 Å². The molecule has 0 fully saturated rings. The van der Waals surface area contributed by atoms with Crippen LogP contribution < -0.4 is 10.7 Å². The third-order valence-corrected chi connectivity index (χ3v) is 2.55. The summed E-state index contributed by atoms with van der Waals surface area (Å²) in [6, 6.07) is 9.25. The highest BCUT2D eigenvalue weighted by atomic mass is 32.2. The number of hydrogen-bond acceptors (Lipinski definition) is 4. The number of amidine groups is 1. The zero-order valence-corrected chi connectivity index (χ0v) is 8.20. The summed E-state index contributed by atoms with van der Waals surface area (Å²) in [4.78, 5) is 11.5. The van der Waals surface area contributed by atoms with Gasteiger partial charge in [-0.1, -0.05) is 30.0 Å². The van der Waals surface area contributed by atoms with E-state index in [2.05, 4.69) is 5.10 Å². The van der Waals surface area contributed by atoms with Crippen LogP contribution in [0.2, 0.25) is 0 Å². The zero-order valence-electron chi connectivity index (χ0n) is 7.38. The second-order valence-corrected chi connectivity index (χ2v) is 3.76. The first-order valence-corrected chi connectivity index (χ1v) is 5.11. The molecule has 1 amide bonds. The Morgan fingerprint density at radius 2 is 2.07 bits per heavy atom. The van der Waals surface area contributed by atoms with Gasteiger partial charge < -0.3 is 5.73 Å². The van der Waals surface area contributed by atoms with E-state index in [-0.39, 0.29) is 5.91 Å². The smallest absolute Gasteiger partial charge is 0.257 e. The van der Waals surface area contributed by atoms with Crippen molar-refractivity contribution in [2.75, 3.05) is 10.8 Å². The molecule has 2 rings (SSSR count). The maximum Gasteiger partial charge on any atom is 0.257 e. The first kappa shape index (κ1) is 9.08. The molecule has 5 heteroatoms. The lowest BCUT2D eigenvalue weighted by Gasteiger charge is -2.21. The van der Waals surface area contributed by atoms with Crippen LogP contribution in [-0.4, -0.2) is 16.8 Å². The first-order valence-electron chi connectivity index (χ1n) is 4.12. The normalized spacial score (nSPS) is 16.7. The van der Waals surface area contributed by atoms with Gasteiger partial charge in [0.05, 0.1) is 11.4 Å². The van der Waals surface area contributed by atoms with Crippen LogP contribution in [-0.2, 0) is 4.79 Å². The van der Waals surface area contributed by atoms with Crippen LogP contribution in [0.5, 0.6) is 0 Å². The van der Waals surface area contributed by atoms with Gasteiger partial charge in [-0.25, -0.2) is 0 Å². The highest BCUT2D eigenvalue weighted by molar-refractivity contribution is 8.14. The number of anilines is 1. The zero-order chi connectivity index (χ0) is 9.97. The number of nitrogens with zero attached hydrogens (tertiary/aromatic N) is 2. The van der Waals surface area contributed by atoms with Gasteiger partial charge >= 0.3 is 0 Å². The molecule has 0 radical (unpaired) electrons. The van der Waals surface area contributed by atoms with E-state index in [1.165, 1.54) is 16.8 Å². The summed E-state index contributed by atoms with van der Waals surface area (Å²) in [5.74, 6) is 0.305. The van der Waals surface area contributed by atoms with E-state index in [1.807, 2.05) is 30.3 Å². The molecular weight excluding hydrogens is 198 g/mol. The summed E-state index contributed by atoms with van der Waals surface area (Å²) < 4.78 is 0. The summed E-state index contributed by atoms with van der Waals surface area (Å²) in [7, 11) is 0. The van der Waals surface area contributed by atoms with Crippen LogP contribution in [0.4, 0.5) is 5.69 Å². The molecule has 1 aromatic carbocycles. The number of carbonyl (C=O) groups excluding carboxylic acids is 1. The van der Waals surface area contributed by atoms with Crippen LogP contribution in [0.3, 0.4) is 0 Å². The Bertz CT molecular complexity index is 377. The predicted octanol–water partition coefficient (Wildman–Crippen LogP) is 0.996. The minimum atomic E-state index is -0.0459. The van der Waals surface area contributed by atoms with Gasteiger partial charge in [0.25, 0.3) is 5.91 Å². The summed E-state index contributed by atoms with van der Waals surface area (Å²) in [5.41, 5.74) is 6.29. The fraction of sp³-hybridized carbons (Fsp3) is 0.111. The van der Waals surface area contributed by atoms with E-state index in [0.717, 1.165) is 5.69 Å². The van der Waals surface area contributed by atoms with E-state index in [4.69, 9.17) is 5.73 Å². The van der Waals surface area contributed by atoms with Gasteiger partial charge in [0.2, 0.25) is 0 Å².